The molecule has 6 nitrogen and oxygen atoms in total. The van der Waals surface area contributed by atoms with Crippen LogP contribution >= 0.6 is 45.2 Å². The summed E-state index contributed by atoms with van der Waals surface area (Å²) in [4.78, 5) is 11.5. The highest BCUT2D eigenvalue weighted by molar-refractivity contribution is 14.1. The van der Waals surface area contributed by atoms with E-state index in [0.717, 1.165) is 0 Å². The topological polar surface area (TPSA) is 101 Å². The molecule has 1 aromatic rings. The van der Waals surface area contributed by atoms with Gasteiger partial charge in [-0.05, 0) is 57.3 Å². The molecule has 0 radical (unpaired) electrons. The molecule has 0 aliphatic rings. The number of rotatable bonds is 4. The zero-order chi connectivity index (χ0) is 15.7. The lowest BCUT2D eigenvalue weighted by Gasteiger charge is -2.13. The van der Waals surface area contributed by atoms with Crippen molar-refractivity contribution in [2.45, 2.75) is 5.25 Å². The van der Waals surface area contributed by atoms with Gasteiger partial charge >= 0.3 is 21.3 Å². The second kappa shape index (κ2) is 6.23. The van der Waals surface area contributed by atoms with Gasteiger partial charge in [-0.15, -0.1) is 0 Å². The largest absolute Gasteiger partial charge is 0.506 e. The van der Waals surface area contributed by atoms with Crippen LogP contribution in [0.25, 0.3) is 0 Å². The highest BCUT2D eigenvalue weighted by atomic mass is 127. The van der Waals surface area contributed by atoms with E-state index in [2.05, 4.69) is 4.74 Å². The Hall–Kier alpha value is -0.280. The molecule has 0 saturated carbocycles. The Kier molecular flexibility index (Phi) is 5.53. The second-order valence-electron chi connectivity index (χ2n) is 3.47. The lowest BCUT2D eigenvalue weighted by atomic mass is 10.2. The van der Waals surface area contributed by atoms with Crippen molar-refractivity contribution in [1.29, 1.82) is 0 Å². The first-order valence-electron chi connectivity index (χ1n) is 4.65. The first kappa shape index (κ1) is 17.8. The van der Waals surface area contributed by atoms with Crippen LogP contribution in [0, 0.1) is 7.14 Å². The number of ether oxygens (including phenoxy) is 1. The van der Waals surface area contributed by atoms with Crippen molar-refractivity contribution in [3.63, 3.8) is 0 Å². The minimum Gasteiger partial charge on any atom is -0.506 e. The molecule has 0 fully saturated rings. The molecule has 1 aromatic carbocycles. The van der Waals surface area contributed by atoms with Gasteiger partial charge in [-0.2, -0.15) is 17.2 Å². The molecular weight excluding hydrogens is 528 g/mol. The fraction of sp³-hybridized carbons (Fsp3) is 0.222. The maximum Gasteiger partial charge on any atom is 0.402 e. The third-order valence-electron chi connectivity index (χ3n) is 2.00. The van der Waals surface area contributed by atoms with Crippen LogP contribution in [-0.4, -0.2) is 35.9 Å². The van der Waals surface area contributed by atoms with Crippen LogP contribution in [0.4, 0.5) is 8.78 Å². The number of alkyl halides is 2. The van der Waals surface area contributed by atoms with Gasteiger partial charge in [0.2, 0.25) is 0 Å². The average molecular weight is 534 g/mol. The Morgan fingerprint density at radius 1 is 1.35 bits per heavy atom. The van der Waals surface area contributed by atoms with Gasteiger partial charge in [0.15, 0.2) is 6.61 Å². The van der Waals surface area contributed by atoms with E-state index in [-0.39, 0.29) is 5.56 Å². The zero-order valence-electron chi connectivity index (χ0n) is 9.31. The van der Waals surface area contributed by atoms with Crippen molar-refractivity contribution in [2.24, 2.45) is 0 Å². The van der Waals surface area contributed by atoms with E-state index in [1.807, 2.05) is 22.6 Å². The van der Waals surface area contributed by atoms with Gasteiger partial charge < -0.3 is 9.84 Å². The van der Waals surface area contributed by atoms with Crippen LogP contribution in [0.2, 0.25) is 0 Å². The Morgan fingerprint density at radius 3 is 2.40 bits per heavy atom. The first-order valence-corrected chi connectivity index (χ1v) is 8.25. The van der Waals surface area contributed by atoms with Crippen LogP contribution in [0.5, 0.6) is 5.75 Å². The van der Waals surface area contributed by atoms with E-state index < -0.39 is 33.7 Å². The Bertz CT molecular complexity index is 646. The Morgan fingerprint density at radius 2 is 1.90 bits per heavy atom. The van der Waals surface area contributed by atoms with E-state index in [1.54, 1.807) is 22.6 Å². The second-order valence-corrected chi connectivity index (χ2v) is 7.43. The monoisotopic (exact) mass is 534 g/mol. The molecule has 0 spiro atoms. The molecule has 0 atom stereocenters. The van der Waals surface area contributed by atoms with Crippen LogP contribution in [-0.2, 0) is 14.9 Å². The lowest BCUT2D eigenvalue weighted by Crippen LogP contribution is -2.34. The van der Waals surface area contributed by atoms with Crippen molar-refractivity contribution in [2.75, 3.05) is 6.61 Å². The van der Waals surface area contributed by atoms with E-state index in [1.165, 1.54) is 12.1 Å². The van der Waals surface area contributed by atoms with Crippen LogP contribution < -0.4 is 0 Å². The van der Waals surface area contributed by atoms with E-state index in [4.69, 9.17) is 4.55 Å². The summed E-state index contributed by atoms with van der Waals surface area (Å²) < 4.78 is 59.7. The standard InChI is InChI=1S/C9H6F2I2O6S/c10-9(11,20(16,17)18)3-19-8(15)5-1-4(12)2-6(13)7(5)14/h1-2,14H,3H2,(H,16,17,18). The van der Waals surface area contributed by atoms with Gasteiger partial charge in [0.1, 0.15) is 11.3 Å². The summed E-state index contributed by atoms with van der Waals surface area (Å²) in [5.74, 6) is -1.80. The summed E-state index contributed by atoms with van der Waals surface area (Å²) in [5.41, 5.74) is -0.382. The third-order valence-corrected chi connectivity index (χ3v) is 4.31. The molecule has 0 bridgehead atoms. The highest BCUT2D eigenvalue weighted by Gasteiger charge is 2.45. The van der Waals surface area contributed by atoms with Gasteiger partial charge in [0.05, 0.1) is 3.57 Å². The van der Waals surface area contributed by atoms with E-state index in [9.17, 15) is 27.1 Å². The summed E-state index contributed by atoms with van der Waals surface area (Å²) in [6.07, 6.45) is 0. The third kappa shape index (κ3) is 4.11. The van der Waals surface area contributed by atoms with Gasteiger partial charge in [-0.25, -0.2) is 4.79 Å². The number of aromatic hydroxyl groups is 1. The molecule has 1 rings (SSSR count). The van der Waals surface area contributed by atoms with Crippen molar-refractivity contribution in [3.05, 3.63) is 24.8 Å². The summed E-state index contributed by atoms with van der Waals surface area (Å²) >= 11 is 3.55. The number of halogens is 4. The van der Waals surface area contributed by atoms with E-state index >= 15 is 0 Å². The number of benzene rings is 1. The van der Waals surface area contributed by atoms with Crippen molar-refractivity contribution in [3.8, 4) is 5.75 Å². The SMILES string of the molecule is O=C(OCC(F)(F)S(=O)(=O)O)c1cc(I)cc(I)c1O. The van der Waals surface area contributed by atoms with Gasteiger partial charge in [-0.3, -0.25) is 4.55 Å². The fourth-order valence-electron chi connectivity index (χ4n) is 1.02. The van der Waals surface area contributed by atoms with E-state index in [0.29, 0.717) is 7.14 Å². The van der Waals surface area contributed by atoms with Crippen molar-refractivity contribution < 1.29 is 36.4 Å². The molecule has 0 saturated heterocycles. The average Bonchev–Trinajstić information content (AvgIpc) is 2.29. The fourth-order valence-corrected chi connectivity index (χ4v) is 3.08. The highest BCUT2D eigenvalue weighted by Crippen LogP contribution is 2.28. The Balaban J connectivity index is 2.94. The number of phenols is 1. The van der Waals surface area contributed by atoms with Gasteiger partial charge in [-0.1, -0.05) is 0 Å². The lowest BCUT2D eigenvalue weighted by molar-refractivity contribution is -0.00968. The number of phenolic OH excluding ortho intramolecular Hbond substituents is 1. The molecule has 0 aliphatic carbocycles. The normalized spacial score (nSPS) is 12.2. The maximum absolute atomic E-state index is 12.9. The summed E-state index contributed by atoms with van der Waals surface area (Å²) in [5, 5.41) is 5.00. The summed E-state index contributed by atoms with van der Waals surface area (Å²) in [6.45, 7) is -1.86. The molecule has 0 amide bonds. The van der Waals surface area contributed by atoms with Crippen LogP contribution in [0.15, 0.2) is 12.1 Å². The molecule has 2 N–H and O–H groups in total. The molecule has 0 heterocycles. The molecule has 0 aliphatic heterocycles. The minimum atomic E-state index is -5.68. The zero-order valence-corrected chi connectivity index (χ0v) is 14.4. The van der Waals surface area contributed by atoms with Gasteiger partial charge in [0.25, 0.3) is 0 Å². The molecule has 11 heteroatoms. The number of esters is 1. The van der Waals surface area contributed by atoms with Gasteiger partial charge in [0, 0.05) is 3.57 Å². The predicted molar refractivity (Wildman–Crippen MR) is 80.3 cm³/mol. The smallest absolute Gasteiger partial charge is 0.402 e. The molecule has 0 aromatic heterocycles. The molecular formula is C9H6F2I2O6S. The van der Waals surface area contributed by atoms with Crippen LogP contribution in [0.1, 0.15) is 10.4 Å². The first-order chi connectivity index (χ1) is 8.95. The molecule has 0 unspecified atom stereocenters. The van der Waals surface area contributed by atoms with Crippen molar-refractivity contribution >= 4 is 61.3 Å². The Labute approximate surface area is 139 Å². The number of carbonyl (C=O) groups is 1. The molecule has 112 valence electrons. The summed E-state index contributed by atoms with van der Waals surface area (Å²) in [6, 6.07) is 2.71. The summed E-state index contributed by atoms with van der Waals surface area (Å²) in [7, 11) is -5.68. The number of hydrogen-bond acceptors (Lipinski definition) is 5. The van der Waals surface area contributed by atoms with Crippen LogP contribution in [0.3, 0.4) is 0 Å². The quantitative estimate of drug-likeness (QED) is 0.350. The predicted octanol–water partition coefficient (Wildman–Crippen LogP) is 2.24. The number of hydrogen-bond donors (Lipinski definition) is 2. The number of carbonyl (C=O) groups excluding carboxylic acids is 1. The maximum atomic E-state index is 12.9. The molecule has 20 heavy (non-hydrogen) atoms. The van der Waals surface area contributed by atoms with Crippen molar-refractivity contribution in [1.82, 2.24) is 0 Å². The minimum absolute atomic E-state index is 0.294.